The van der Waals surface area contributed by atoms with Crippen LogP contribution in [0.3, 0.4) is 0 Å². The molecule has 1 aromatic heterocycles. The van der Waals surface area contributed by atoms with E-state index >= 15 is 0 Å². The summed E-state index contributed by atoms with van der Waals surface area (Å²) in [5.41, 5.74) is 0. The van der Waals surface area contributed by atoms with E-state index in [0.29, 0.717) is 0 Å². The third-order valence-corrected chi connectivity index (χ3v) is 0.612. The summed E-state index contributed by atoms with van der Waals surface area (Å²) in [6.45, 7) is 0. The Morgan fingerprint density at radius 2 is 1.50 bits per heavy atom. The Labute approximate surface area is 31.5 Å². The van der Waals surface area contributed by atoms with Crippen molar-refractivity contribution in [3.05, 3.63) is 0 Å². The van der Waals surface area contributed by atoms with Crippen LogP contribution in [-0.4, -0.2) is 0 Å². The van der Waals surface area contributed by atoms with Crippen LogP contribution >= 0.6 is 21.3 Å². The minimum atomic E-state index is 0. The Bertz CT molecular complexity index is 34.1. The van der Waals surface area contributed by atoms with Gasteiger partial charge in [0.2, 0.25) is 0 Å². The zero-order valence-corrected chi connectivity index (χ0v) is 3.56. The van der Waals surface area contributed by atoms with E-state index in [9.17, 15) is 0 Å². The quantitative estimate of drug-likeness (QED) is 0.499. The molecule has 0 bridgehead atoms. The summed E-state index contributed by atoms with van der Waals surface area (Å²) in [7, 11) is 2.83. The predicted molar refractivity (Wildman–Crippen MR) is 19.5 cm³/mol. The van der Waals surface area contributed by atoms with Crippen LogP contribution in [0.4, 0.5) is 0 Å². The van der Waals surface area contributed by atoms with Gasteiger partial charge in [-0.3, -0.25) is 0 Å². The predicted octanol–water partition coefficient (Wildman–Crippen LogP) is 1.56. The van der Waals surface area contributed by atoms with Gasteiger partial charge in [-0.05, 0) is 0 Å². The molecule has 0 atom stereocenters. The molecule has 3 N–H and O–H groups in total. The molecular formula is H3NOS2. The van der Waals surface area contributed by atoms with Gasteiger partial charge < -0.3 is 9.43 Å². The maximum atomic E-state index is 4.33. The number of hydrogen-bond acceptors (Lipinski definition) is 4. The molecule has 4 heteroatoms. The van der Waals surface area contributed by atoms with E-state index in [1.165, 1.54) is 21.3 Å². The van der Waals surface area contributed by atoms with Crippen LogP contribution in [-0.2, 0) is 0 Å². The maximum Gasteiger partial charge on any atom is 0.158 e. The highest BCUT2D eigenvalue weighted by Gasteiger charge is 1.65. The summed E-state index contributed by atoms with van der Waals surface area (Å²) < 4.78 is 4.33. The highest BCUT2D eigenvalue weighted by Crippen LogP contribution is 2.12. The monoisotopic (exact) mass is 97.0 g/mol. The van der Waals surface area contributed by atoms with Gasteiger partial charge in [0.1, 0.15) is 0 Å². The lowest BCUT2D eigenvalue weighted by Gasteiger charge is -0.994. The van der Waals surface area contributed by atoms with Gasteiger partial charge in [-0.15, -0.1) is 0 Å². The van der Waals surface area contributed by atoms with Crippen LogP contribution < -0.4 is 6.15 Å². The van der Waals surface area contributed by atoms with Crippen LogP contribution in [0.1, 0.15) is 0 Å². The van der Waals surface area contributed by atoms with E-state index in [4.69, 9.17) is 0 Å². The summed E-state index contributed by atoms with van der Waals surface area (Å²) in [4.78, 5) is 0. The van der Waals surface area contributed by atoms with E-state index in [1.54, 1.807) is 0 Å². The molecule has 0 saturated heterocycles. The molecule has 0 amide bonds. The highest BCUT2D eigenvalue weighted by atomic mass is 33.0. The molecular weight excluding hydrogens is 94.1 g/mol. The molecule has 1 aromatic rings. The number of hydrogen-bond donors (Lipinski definition) is 1. The lowest BCUT2D eigenvalue weighted by Crippen LogP contribution is -0.524. The Morgan fingerprint density at radius 3 is 1.50 bits per heavy atom. The second-order valence-corrected chi connectivity index (χ2v) is 1.84. The molecule has 0 aliphatic carbocycles. The Hall–Kier alpha value is 0.200. The first-order valence-corrected chi connectivity index (χ1v) is 2.50. The fourth-order valence-electron chi connectivity index (χ4n) is 0. The molecule has 0 aliphatic rings. The maximum absolute atomic E-state index is 4.33. The van der Waals surface area contributed by atoms with Crippen molar-refractivity contribution in [2.45, 2.75) is 0 Å². The minimum absolute atomic E-state index is 0. The average molecular weight is 97.2 g/mol. The average Bonchev–Trinajstić information content (AvgIpc) is 1.46. The molecule has 1 rings (SSSR count). The molecule has 0 radical (unpaired) electrons. The first-order valence-electron chi connectivity index (χ1n) is 0.500. The molecule has 0 spiro atoms. The van der Waals surface area contributed by atoms with Gasteiger partial charge in [0.05, 0.1) is 0 Å². The molecule has 0 aliphatic heterocycles. The van der Waals surface area contributed by atoms with Crippen molar-refractivity contribution in [2.75, 3.05) is 0 Å². The summed E-state index contributed by atoms with van der Waals surface area (Å²) in [6.07, 6.45) is 0. The van der Waals surface area contributed by atoms with Gasteiger partial charge in [0.15, 0.2) is 21.3 Å². The van der Waals surface area contributed by atoms with E-state index in [1.807, 2.05) is 0 Å². The molecule has 0 unspecified atom stereocenters. The zero-order chi connectivity index (χ0) is 2.12. The van der Waals surface area contributed by atoms with Gasteiger partial charge >= 0.3 is 0 Å². The standard InChI is InChI=1S/H3N.OS2/c;1-2-3-1/h1H3;. The van der Waals surface area contributed by atoms with E-state index < -0.39 is 0 Å². The molecule has 0 saturated carbocycles. The second-order valence-electron chi connectivity index (χ2n) is 0.204. The van der Waals surface area contributed by atoms with Crippen molar-refractivity contribution < 1.29 is 3.28 Å². The Balaban J connectivity index is 0.0000000900. The van der Waals surface area contributed by atoms with E-state index in [2.05, 4.69) is 3.28 Å². The molecule has 4 heavy (non-hydrogen) atoms. The van der Waals surface area contributed by atoms with Crippen LogP contribution in [0.25, 0.3) is 0 Å². The molecule has 0 fully saturated rings. The van der Waals surface area contributed by atoms with Crippen molar-refractivity contribution in [1.82, 2.24) is 6.15 Å². The largest absolute Gasteiger partial charge is 0.344 e. The van der Waals surface area contributed by atoms with Gasteiger partial charge in [-0.25, -0.2) is 0 Å². The smallest absolute Gasteiger partial charge is 0.158 e. The topological polar surface area (TPSA) is 48.1 Å². The third kappa shape index (κ3) is 2.20. The van der Waals surface area contributed by atoms with Crippen LogP contribution in [0.5, 0.6) is 0 Å². The summed E-state index contributed by atoms with van der Waals surface area (Å²) in [5.74, 6) is 0. The van der Waals surface area contributed by atoms with Crippen LogP contribution in [0.2, 0.25) is 0 Å². The van der Waals surface area contributed by atoms with Crippen molar-refractivity contribution in [3.63, 3.8) is 0 Å². The van der Waals surface area contributed by atoms with Gasteiger partial charge in [-0.2, -0.15) is 0 Å². The fourth-order valence-corrected chi connectivity index (χ4v) is 0. The number of rotatable bonds is 0. The summed E-state index contributed by atoms with van der Waals surface area (Å²) >= 11 is 0. The van der Waals surface area contributed by atoms with E-state index in [0.717, 1.165) is 0 Å². The minimum Gasteiger partial charge on any atom is -0.344 e. The van der Waals surface area contributed by atoms with Crippen LogP contribution in [0.15, 0.2) is 3.28 Å². The Kier molecular flexibility index (Phi) is 1.59. The molecule has 26 valence electrons. The molecule has 0 aromatic carbocycles. The molecule has 1 heterocycles. The Morgan fingerprint density at radius 1 is 1.25 bits per heavy atom. The highest BCUT2D eigenvalue weighted by molar-refractivity contribution is 7.71. The SMILES string of the molecule is N.o1ss1. The fraction of sp³-hybridized carbons (Fsp3) is 0. The second kappa shape index (κ2) is 1.51. The van der Waals surface area contributed by atoms with E-state index in [-0.39, 0.29) is 6.15 Å². The van der Waals surface area contributed by atoms with Crippen molar-refractivity contribution in [2.24, 2.45) is 0 Å². The van der Waals surface area contributed by atoms with Crippen LogP contribution in [0, 0.1) is 0 Å². The van der Waals surface area contributed by atoms with Crippen molar-refractivity contribution in [3.8, 4) is 0 Å². The van der Waals surface area contributed by atoms with Gasteiger partial charge in [0, 0.05) is 0 Å². The van der Waals surface area contributed by atoms with Crippen molar-refractivity contribution >= 4 is 21.3 Å². The lowest BCUT2D eigenvalue weighted by atomic mass is 14.0. The summed E-state index contributed by atoms with van der Waals surface area (Å²) in [5, 5.41) is 0. The zero-order valence-electron chi connectivity index (χ0n) is 1.93. The summed E-state index contributed by atoms with van der Waals surface area (Å²) in [6, 6.07) is 0. The van der Waals surface area contributed by atoms with Crippen molar-refractivity contribution in [1.29, 1.82) is 0 Å². The first kappa shape index (κ1) is 4.20. The van der Waals surface area contributed by atoms with Gasteiger partial charge in [-0.1, -0.05) is 0 Å². The molecule has 2 nitrogen and oxygen atoms in total. The third-order valence-electron chi connectivity index (χ3n) is 0.0680. The lowest BCUT2D eigenvalue weighted by molar-refractivity contribution is 0.879. The van der Waals surface area contributed by atoms with Gasteiger partial charge in [0.25, 0.3) is 0 Å². The first-order chi connectivity index (χ1) is 1.50. The normalized spacial score (nSPS) is 6.00.